The zero-order chi connectivity index (χ0) is 10.1. The van der Waals surface area contributed by atoms with Crippen molar-refractivity contribution >= 4 is 43.6 Å². The summed E-state index contributed by atoms with van der Waals surface area (Å²) in [5.74, 6) is 0. The predicted octanol–water partition coefficient (Wildman–Crippen LogP) is 4.82. The van der Waals surface area contributed by atoms with Gasteiger partial charge in [-0.1, -0.05) is 31.9 Å². The summed E-state index contributed by atoms with van der Waals surface area (Å²) in [6.07, 6.45) is 0. The highest BCUT2D eigenvalue weighted by Gasteiger charge is 2.29. The Balaban J connectivity index is 2.90. The molecule has 0 atom stereocenters. The second kappa shape index (κ2) is 4.23. The van der Waals surface area contributed by atoms with Gasteiger partial charge in [-0.15, -0.1) is 0 Å². The van der Waals surface area contributed by atoms with Crippen LogP contribution in [-0.4, -0.2) is 5.51 Å². The van der Waals surface area contributed by atoms with Crippen molar-refractivity contribution in [1.82, 2.24) is 0 Å². The van der Waals surface area contributed by atoms with Crippen LogP contribution in [0.15, 0.2) is 32.0 Å². The standard InChI is InChI=1S/C7H3Br2F3S/c8-4-1-5(9)3-6(2-4)13-7(10,11)12/h1-3H. The zero-order valence-corrected chi connectivity index (χ0v) is 10.0. The molecule has 0 aliphatic heterocycles. The number of rotatable bonds is 1. The molecule has 0 saturated carbocycles. The fraction of sp³-hybridized carbons (Fsp3) is 0.143. The van der Waals surface area contributed by atoms with E-state index in [-0.39, 0.29) is 16.7 Å². The molecule has 13 heavy (non-hydrogen) atoms. The van der Waals surface area contributed by atoms with E-state index in [9.17, 15) is 13.2 Å². The molecule has 0 saturated heterocycles. The minimum Gasteiger partial charge on any atom is -0.160 e. The van der Waals surface area contributed by atoms with Crippen LogP contribution in [0.4, 0.5) is 13.2 Å². The summed E-state index contributed by atoms with van der Waals surface area (Å²) in [4.78, 5) is 0.161. The van der Waals surface area contributed by atoms with Crippen molar-refractivity contribution in [2.24, 2.45) is 0 Å². The third-order valence-corrected chi connectivity index (χ3v) is 2.69. The lowest BCUT2D eigenvalue weighted by Gasteiger charge is -2.05. The molecular formula is C7H3Br2F3S. The Morgan fingerprint density at radius 3 is 1.85 bits per heavy atom. The molecule has 72 valence electrons. The van der Waals surface area contributed by atoms with Crippen molar-refractivity contribution in [3.8, 4) is 0 Å². The summed E-state index contributed by atoms with van der Waals surface area (Å²) in [5, 5.41) is 0. The number of hydrogen-bond acceptors (Lipinski definition) is 1. The average Bonchev–Trinajstić information content (AvgIpc) is 1.78. The van der Waals surface area contributed by atoms with Gasteiger partial charge in [-0.05, 0) is 30.0 Å². The highest BCUT2D eigenvalue weighted by atomic mass is 79.9. The van der Waals surface area contributed by atoms with Crippen molar-refractivity contribution in [2.45, 2.75) is 10.4 Å². The molecule has 0 aliphatic rings. The number of thioether (sulfide) groups is 1. The molecule has 0 amide bonds. The topological polar surface area (TPSA) is 0 Å². The van der Waals surface area contributed by atoms with E-state index in [1.807, 2.05) is 0 Å². The third-order valence-electron chi connectivity index (χ3n) is 1.07. The Morgan fingerprint density at radius 2 is 1.46 bits per heavy atom. The van der Waals surface area contributed by atoms with E-state index >= 15 is 0 Å². The summed E-state index contributed by atoms with van der Waals surface area (Å²) in [6.45, 7) is 0. The number of hydrogen-bond donors (Lipinski definition) is 0. The van der Waals surface area contributed by atoms with Gasteiger partial charge in [0.2, 0.25) is 0 Å². The molecule has 1 aromatic carbocycles. The molecule has 0 nitrogen and oxygen atoms in total. The van der Waals surface area contributed by atoms with Gasteiger partial charge in [0.05, 0.1) is 0 Å². The van der Waals surface area contributed by atoms with Gasteiger partial charge >= 0.3 is 5.51 Å². The first kappa shape index (κ1) is 11.4. The fourth-order valence-corrected chi connectivity index (χ4v) is 2.96. The van der Waals surface area contributed by atoms with Crippen molar-refractivity contribution in [3.63, 3.8) is 0 Å². The van der Waals surface area contributed by atoms with Crippen LogP contribution in [0, 0.1) is 0 Å². The lowest BCUT2D eigenvalue weighted by molar-refractivity contribution is -0.0328. The van der Waals surface area contributed by atoms with E-state index in [0.717, 1.165) is 0 Å². The van der Waals surface area contributed by atoms with Gasteiger partial charge in [0.25, 0.3) is 0 Å². The van der Waals surface area contributed by atoms with Crippen LogP contribution in [0.5, 0.6) is 0 Å². The van der Waals surface area contributed by atoms with E-state index in [4.69, 9.17) is 0 Å². The summed E-state index contributed by atoms with van der Waals surface area (Å²) < 4.78 is 37.0. The largest absolute Gasteiger partial charge is 0.446 e. The lowest BCUT2D eigenvalue weighted by Crippen LogP contribution is -1.98. The highest BCUT2D eigenvalue weighted by Crippen LogP contribution is 2.38. The average molecular weight is 336 g/mol. The van der Waals surface area contributed by atoms with Gasteiger partial charge in [-0.3, -0.25) is 0 Å². The number of benzene rings is 1. The van der Waals surface area contributed by atoms with E-state index in [1.165, 1.54) is 12.1 Å². The molecule has 0 aliphatic carbocycles. The summed E-state index contributed by atoms with van der Waals surface area (Å²) in [6, 6.07) is 4.52. The molecule has 0 spiro atoms. The van der Waals surface area contributed by atoms with Gasteiger partial charge in [0.1, 0.15) is 0 Å². The predicted molar refractivity (Wildman–Crippen MR) is 53.8 cm³/mol. The Bertz CT molecular complexity index is 291. The van der Waals surface area contributed by atoms with Gasteiger partial charge < -0.3 is 0 Å². The van der Waals surface area contributed by atoms with E-state index in [2.05, 4.69) is 31.9 Å². The van der Waals surface area contributed by atoms with Crippen LogP contribution in [0.25, 0.3) is 0 Å². The van der Waals surface area contributed by atoms with Crippen LogP contribution in [0.1, 0.15) is 0 Å². The first-order valence-corrected chi connectivity index (χ1v) is 5.49. The fourth-order valence-electron chi connectivity index (χ4n) is 0.721. The molecule has 1 rings (SSSR count). The monoisotopic (exact) mass is 334 g/mol. The molecule has 1 aromatic rings. The maximum absolute atomic E-state index is 11.9. The molecule has 0 radical (unpaired) electrons. The molecule has 6 heteroatoms. The number of alkyl halides is 3. The third kappa shape index (κ3) is 4.37. The molecule has 0 unspecified atom stereocenters. The summed E-state index contributed by atoms with van der Waals surface area (Å²) in [7, 11) is 0. The van der Waals surface area contributed by atoms with E-state index in [1.54, 1.807) is 6.07 Å². The van der Waals surface area contributed by atoms with Crippen LogP contribution < -0.4 is 0 Å². The highest BCUT2D eigenvalue weighted by molar-refractivity contribution is 9.11. The van der Waals surface area contributed by atoms with Crippen LogP contribution in [-0.2, 0) is 0 Å². The second-order valence-corrected chi connectivity index (χ2v) is 5.12. The SMILES string of the molecule is FC(F)(F)Sc1cc(Br)cc(Br)c1. The Hall–Kier alpha value is 0.320. The zero-order valence-electron chi connectivity index (χ0n) is 6.03. The van der Waals surface area contributed by atoms with Crippen LogP contribution >= 0.6 is 43.6 Å². The first-order chi connectivity index (χ1) is 5.87. The lowest BCUT2D eigenvalue weighted by atomic mass is 10.4. The van der Waals surface area contributed by atoms with E-state index < -0.39 is 5.51 Å². The maximum atomic E-state index is 11.9. The van der Waals surface area contributed by atoms with Gasteiger partial charge in [-0.25, -0.2) is 0 Å². The first-order valence-electron chi connectivity index (χ1n) is 3.09. The normalized spacial score (nSPS) is 11.8. The Morgan fingerprint density at radius 1 is 1.00 bits per heavy atom. The quantitative estimate of drug-likeness (QED) is 0.663. The second-order valence-electron chi connectivity index (χ2n) is 2.15. The van der Waals surface area contributed by atoms with Crippen molar-refractivity contribution in [3.05, 3.63) is 27.1 Å². The van der Waals surface area contributed by atoms with Crippen molar-refractivity contribution in [2.75, 3.05) is 0 Å². The Labute approximate surface area is 94.2 Å². The maximum Gasteiger partial charge on any atom is 0.446 e. The van der Waals surface area contributed by atoms with Gasteiger partial charge in [-0.2, -0.15) is 13.2 Å². The minimum atomic E-state index is -4.24. The molecule has 0 aromatic heterocycles. The van der Waals surface area contributed by atoms with Crippen LogP contribution in [0.3, 0.4) is 0 Å². The van der Waals surface area contributed by atoms with Crippen molar-refractivity contribution in [1.29, 1.82) is 0 Å². The van der Waals surface area contributed by atoms with E-state index in [0.29, 0.717) is 8.95 Å². The van der Waals surface area contributed by atoms with Crippen molar-refractivity contribution < 1.29 is 13.2 Å². The smallest absolute Gasteiger partial charge is 0.160 e. The molecular weight excluding hydrogens is 333 g/mol. The van der Waals surface area contributed by atoms with Gasteiger partial charge in [0, 0.05) is 13.8 Å². The van der Waals surface area contributed by atoms with Crippen LogP contribution in [0.2, 0.25) is 0 Å². The Kier molecular flexibility index (Phi) is 3.71. The molecule has 0 fully saturated rings. The number of halogens is 5. The molecule has 0 heterocycles. The minimum absolute atomic E-state index is 0.131. The summed E-state index contributed by atoms with van der Waals surface area (Å²) >= 11 is 6.09. The van der Waals surface area contributed by atoms with Gasteiger partial charge in [0.15, 0.2) is 0 Å². The molecule has 0 N–H and O–H groups in total. The summed E-state index contributed by atoms with van der Waals surface area (Å²) in [5.41, 5.74) is -4.24. The molecule has 0 bridgehead atoms.